The van der Waals surface area contributed by atoms with Gasteiger partial charge in [0.25, 0.3) is 5.91 Å². The molecule has 0 radical (unpaired) electrons. The predicted molar refractivity (Wildman–Crippen MR) is 73.9 cm³/mol. The Labute approximate surface area is 115 Å². The van der Waals surface area contributed by atoms with Crippen LogP contribution in [0.15, 0.2) is 30.3 Å². The first kappa shape index (κ1) is 13.6. The number of rotatable bonds is 4. The van der Waals surface area contributed by atoms with Crippen LogP contribution in [-0.2, 0) is 0 Å². The summed E-state index contributed by atoms with van der Waals surface area (Å²) in [6.45, 7) is 0. The fourth-order valence-electron chi connectivity index (χ4n) is 1.48. The Kier molecular flexibility index (Phi) is 3.99. The molecule has 2 rings (SSSR count). The van der Waals surface area contributed by atoms with Crippen molar-refractivity contribution in [1.82, 2.24) is 9.97 Å². The molecule has 0 unspecified atom stereocenters. The number of nitrogens with one attached hydrogen (secondary N) is 1. The third kappa shape index (κ3) is 3.14. The fourth-order valence-corrected chi connectivity index (χ4v) is 1.48. The molecule has 20 heavy (non-hydrogen) atoms. The highest BCUT2D eigenvalue weighted by Crippen LogP contribution is 2.18. The van der Waals surface area contributed by atoms with E-state index in [1.54, 1.807) is 24.3 Å². The molecule has 0 bridgehead atoms. The summed E-state index contributed by atoms with van der Waals surface area (Å²) >= 11 is 0. The first-order valence-electron chi connectivity index (χ1n) is 5.76. The van der Waals surface area contributed by atoms with Crippen molar-refractivity contribution in [3.05, 3.63) is 35.9 Å². The summed E-state index contributed by atoms with van der Waals surface area (Å²) in [6, 6.07) is 8.02. The van der Waals surface area contributed by atoms with Gasteiger partial charge in [0.05, 0.1) is 20.3 Å². The van der Waals surface area contributed by atoms with Crippen molar-refractivity contribution >= 4 is 17.5 Å². The van der Waals surface area contributed by atoms with Crippen LogP contribution in [0.5, 0.6) is 11.8 Å². The molecule has 0 aliphatic heterocycles. The highest BCUT2D eigenvalue weighted by Gasteiger charge is 2.10. The summed E-state index contributed by atoms with van der Waals surface area (Å²) in [7, 11) is 2.93. The molecule has 3 N–H and O–H groups in total. The van der Waals surface area contributed by atoms with Gasteiger partial charge in [0.1, 0.15) is 0 Å². The summed E-state index contributed by atoms with van der Waals surface area (Å²) in [5.41, 5.74) is 6.60. The molecule has 0 atom stereocenters. The SMILES string of the molecule is COc1cc(OC)nc(NC(=O)c2ccc(N)cc2)n1. The highest BCUT2D eigenvalue weighted by atomic mass is 16.5. The van der Waals surface area contributed by atoms with Crippen LogP contribution in [0.4, 0.5) is 11.6 Å². The number of hydrogen-bond acceptors (Lipinski definition) is 6. The second-order valence-electron chi connectivity index (χ2n) is 3.85. The zero-order valence-electron chi connectivity index (χ0n) is 11.1. The smallest absolute Gasteiger partial charge is 0.258 e. The topological polar surface area (TPSA) is 99.4 Å². The van der Waals surface area contributed by atoms with Crippen LogP contribution in [0.25, 0.3) is 0 Å². The number of benzene rings is 1. The van der Waals surface area contributed by atoms with Crippen molar-refractivity contribution in [3.63, 3.8) is 0 Å². The van der Waals surface area contributed by atoms with Crippen molar-refractivity contribution in [3.8, 4) is 11.8 Å². The predicted octanol–water partition coefficient (Wildman–Crippen LogP) is 1.33. The largest absolute Gasteiger partial charge is 0.481 e. The summed E-state index contributed by atoms with van der Waals surface area (Å²) < 4.78 is 10.0. The van der Waals surface area contributed by atoms with E-state index in [4.69, 9.17) is 15.2 Å². The minimum Gasteiger partial charge on any atom is -0.481 e. The standard InChI is InChI=1S/C13H14N4O3/c1-19-10-7-11(20-2)16-13(15-10)17-12(18)8-3-5-9(14)6-4-8/h3-7H,14H2,1-2H3,(H,15,16,17,18). The Hall–Kier alpha value is -2.83. The Morgan fingerprint density at radius 2 is 1.65 bits per heavy atom. The van der Waals surface area contributed by atoms with Gasteiger partial charge in [0.15, 0.2) is 0 Å². The van der Waals surface area contributed by atoms with Crippen molar-refractivity contribution in [2.24, 2.45) is 0 Å². The average Bonchev–Trinajstić information content (AvgIpc) is 2.47. The normalized spacial score (nSPS) is 9.90. The first-order valence-corrected chi connectivity index (χ1v) is 5.76. The molecule has 0 aliphatic carbocycles. The number of anilines is 2. The maximum absolute atomic E-state index is 12.0. The van der Waals surface area contributed by atoms with E-state index < -0.39 is 0 Å². The Morgan fingerprint density at radius 3 is 2.15 bits per heavy atom. The number of methoxy groups -OCH3 is 2. The molecule has 0 spiro atoms. The molecule has 1 aromatic heterocycles. The Balaban J connectivity index is 2.20. The fraction of sp³-hybridized carbons (Fsp3) is 0.154. The van der Waals surface area contributed by atoms with E-state index in [9.17, 15) is 4.79 Å². The van der Waals surface area contributed by atoms with Crippen LogP contribution in [0.1, 0.15) is 10.4 Å². The third-order valence-corrected chi connectivity index (χ3v) is 2.50. The van der Waals surface area contributed by atoms with Gasteiger partial charge in [-0.05, 0) is 24.3 Å². The van der Waals surface area contributed by atoms with Crippen LogP contribution in [0.2, 0.25) is 0 Å². The van der Waals surface area contributed by atoms with E-state index in [1.807, 2.05) is 0 Å². The monoisotopic (exact) mass is 274 g/mol. The van der Waals surface area contributed by atoms with Gasteiger partial charge in [-0.2, -0.15) is 9.97 Å². The number of nitrogens with zero attached hydrogens (tertiary/aromatic N) is 2. The molecule has 1 aromatic carbocycles. The van der Waals surface area contributed by atoms with E-state index in [-0.39, 0.29) is 11.9 Å². The number of nitrogens with two attached hydrogens (primary N) is 1. The minimum absolute atomic E-state index is 0.100. The molecule has 1 heterocycles. The van der Waals surface area contributed by atoms with Crippen LogP contribution in [-0.4, -0.2) is 30.1 Å². The van der Waals surface area contributed by atoms with Gasteiger partial charge >= 0.3 is 0 Å². The summed E-state index contributed by atoms with van der Waals surface area (Å²) in [6.07, 6.45) is 0. The zero-order valence-corrected chi connectivity index (χ0v) is 11.1. The maximum Gasteiger partial charge on any atom is 0.258 e. The lowest BCUT2D eigenvalue weighted by Crippen LogP contribution is -2.14. The maximum atomic E-state index is 12.0. The van der Waals surface area contributed by atoms with E-state index >= 15 is 0 Å². The van der Waals surface area contributed by atoms with Crippen LogP contribution in [0, 0.1) is 0 Å². The van der Waals surface area contributed by atoms with Crippen molar-refractivity contribution < 1.29 is 14.3 Å². The number of amides is 1. The second kappa shape index (κ2) is 5.87. The van der Waals surface area contributed by atoms with Gasteiger partial charge in [-0.25, -0.2) is 0 Å². The quantitative estimate of drug-likeness (QED) is 0.816. The van der Waals surface area contributed by atoms with Crippen molar-refractivity contribution in [2.75, 3.05) is 25.3 Å². The number of aromatic nitrogens is 2. The van der Waals surface area contributed by atoms with Gasteiger partial charge in [-0.15, -0.1) is 0 Å². The lowest BCUT2D eigenvalue weighted by Gasteiger charge is -2.07. The third-order valence-electron chi connectivity index (χ3n) is 2.50. The zero-order chi connectivity index (χ0) is 14.5. The highest BCUT2D eigenvalue weighted by molar-refractivity contribution is 6.03. The Morgan fingerprint density at radius 1 is 1.10 bits per heavy atom. The summed E-state index contributed by atoms with van der Waals surface area (Å²) in [4.78, 5) is 20.0. The lowest BCUT2D eigenvalue weighted by atomic mass is 10.2. The van der Waals surface area contributed by atoms with Crippen LogP contribution >= 0.6 is 0 Å². The van der Waals surface area contributed by atoms with E-state index in [2.05, 4.69) is 15.3 Å². The summed E-state index contributed by atoms with van der Waals surface area (Å²) in [5, 5.41) is 2.57. The minimum atomic E-state index is -0.347. The van der Waals surface area contributed by atoms with E-state index in [0.717, 1.165) is 0 Å². The molecule has 0 saturated carbocycles. The van der Waals surface area contributed by atoms with Gasteiger partial charge < -0.3 is 15.2 Å². The number of carbonyl (C=O) groups excluding carboxylic acids is 1. The van der Waals surface area contributed by atoms with Crippen LogP contribution in [0.3, 0.4) is 0 Å². The van der Waals surface area contributed by atoms with Crippen LogP contribution < -0.4 is 20.5 Å². The van der Waals surface area contributed by atoms with Crippen molar-refractivity contribution in [1.29, 1.82) is 0 Å². The van der Waals surface area contributed by atoms with Gasteiger partial charge in [-0.1, -0.05) is 0 Å². The molecule has 104 valence electrons. The van der Waals surface area contributed by atoms with Gasteiger partial charge in [0.2, 0.25) is 17.7 Å². The van der Waals surface area contributed by atoms with Gasteiger partial charge in [0, 0.05) is 11.3 Å². The molecular formula is C13H14N4O3. The number of ether oxygens (including phenoxy) is 2. The number of carbonyl (C=O) groups is 1. The molecule has 0 fully saturated rings. The molecule has 1 amide bonds. The lowest BCUT2D eigenvalue weighted by molar-refractivity contribution is 0.102. The second-order valence-corrected chi connectivity index (χ2v) is 3.85. The number of hydrogen-bond donors (Lipinski definition) is 2. The average molecular weight is 274 g/mol. The van der Waals surface area contributed by atoms with Crippen molar-refractivity contribution in [2.45, 2.75) is 0 Å². The van der Waals surface area contributed by atoms with E-state index in [1.165, 1.54) is 20.3 Å². The van der Waals surface area contributed by atoms with Gasteiger partial charge in [-0.3, -0.25) is 10.1 Å². The Bertz CT molecular complexity index is 591. The first-order chi connectivity index (χ1) is 9.62. The molecule has 0 aliphatic rings. The molecular weight excluding hydrogens is 260 g/mol. The summed E-state index contributed by atoms with van der Waals surface area (Å²) in [5.74, 6) is 0.345. The molecule has 0 saturated heterocycles. The molecule has 7 heteroatoms. The molecule has 7 nitrogen and oxygen atoms in total. The molecule has 2 aromatic rings. The number of nitrogen functional groups attached to an aromatic ring is 1. The van der Waals surface area contributed by atoms with E-state index in [0.29, 0.717) is 23.0 Å².